The molecule has 0 aromatic rings. The molecule has 1 saturated carbocycles. The standard InChI is InChI=1S/C14H24N2O3/c1-2-6-16-7-4-12(15-17)11-10-14(5-3-13(11)16)18-8-9-19-14/h11,13,17H,2-10H2,1H3/b15-12+. The highest BCUT2D eigenvalue weighted by Gasteiger charge is 2.49. The number of hydrogen-bond acceptors (Lipinski definition) is 5. The summed E-state index contributed by atoms with van der Waals surface area (Å²) in [6.07, 6.45) is 4.93. The van der Waals surface area contributed by atoms with Crippen LogP contribution in [-0.4, -0.2) is 54.0 Å². The second-order valence-corrected chi connectivity index (χ2v) is 5.90. The highest BCUT2D eigenvalue weighted by molar-refractivity contribution is 5.88. The van der Waals surface area contributed by atoms with E-state index >= 15 is 0 Å². The third-order valence-corrected chi connectivity index (χ3v) is 4.82. The van der Waals surface area contributed by atoms with Crippen LogP contribution in [0.2, 0.25) is 0 Å². The first kappa shape index (κ1) is 13.3. The van der Waals surface area contributed by atoms with E-state index in [1.807, 2.05) is 0 Å². The fourth-order valence-electron chi connectivity index (χ4n) is 3.98. The second kappa shape index (κ2) is 5.38. The van der Waals surface area contributed by atoms with Crippen molar-refractivity contribution >= 4 is 5.71 Å². The molecule has 3 fully saturated rings. The van der Waals surface area contributed by atoms with Crippen LogP contribution in [0, 0.1) is 5.92 Å². The molecule has 3 aliphatic rings. The van der Waals surface area contributed by atoms with E-state index in [0.29, 0.717) is 19.3 Å². The zero-order valence-corrected chi connectivity index (χ0v) is 11.7. The maximum Gasteiger partial charge on any atom is 0.169 e. The number of rotatable bonds is 2. The Bertz CT molecular complexity index is 353. The van der Waals surface area contributed by atoms with Crippen LogP contribution in [0.15, 0.2) is 5.16 Å². The van der Waals surface area contributed by atoms with Gasteiger partial charge in [-0.05, 0) is 19.4 Å². The van der Waals surface area contributed by atoms with Crippen molar-refractivity contribution in [3.63, 3.8) is 0 Å². The van der Waals surface area contributed by atoms with Gasteiger partial charge in [-0.25, -0.2) is 0 Å². The van der Waals surface area contributed by atoms with Crippen molar-refractivity contribution in [2.24, 2.45) is 11.1 Å². The van der Waals surface area contributed by atoms with Gasteiger partial charge in [-0.3, -0.25) is 4.90 Å². The molecule has 2 heterocycles. The SMILES string of the molecule is CCCN1CC/C(=N\O)C2CC3(CCC21)OCCO3. The van der Waals surface area contributed by atoms with E-state index < -0.39 is 5.79 Å². The van der Waals surface area contributed by atoms with Gasteiger partial charge in [0.2, 0.25) is 0 Å². The summed E-state index contributed by atoms with van der Waals surface area (Å²) in [5, 5.41) is 12.8. The van der Waals surface area contributed by atoms with Crippen molar-refractivity contribution in [2.45, 2.75) is 50.9 Å². The van der Waals surface area contributed by atoms with Crippen molar-refractivity contribution in [3.05, 3.63) is 0 Å². The average molecular weight is 268 g/mol. The lowest BCUT2D eigenvalue weighted by Crippen LogP contribution is -2.56. The molecule has 0 bridgehead atoms. The number of hydrogen-bond donors (Lipinski definition) is 1. The molecule has 3 rings (SSSR count). The Morgan fingerprint density at radius 1 is 1.42 bits per heavy atom. The summed E-state index contributed by atoms with van der Waals surface area (Å²) in [7, 11) is 0. The van der Waals surface area contributed by atoms with E-state index in [4.69, 9.17) is 9.47 Å². The molecule has 1 spiro atoms. The predicted octanol–water partition coefficient (Wildman–Crippen LogP) is 1.84. The van der Waals surface area contributed by atoms with Gasteiger partial charge in [0.1, 0.15) is 0 Å². The van der Waals surface area contributed by atoms with E-state index in [9.17, 15) is 5.21 Å². The number of likely N-dealkylation sites (tertiary alicyclic amines) is 1. The first-order valence-electron chi connectivity index (χ1n) is 7.51. The lowest BCUT2D eigenvalue weighted by molar-refractivity contribution is -0.192. The van der Waals surface area contributed by atoms with Crippen molar-refractivity contribution in [1.29, 1.82) is 0 Å². The van der Waals surface area contributed by atoms with E-state index in [0.717, 1.165) is 44.5 Å². The second-order valence-electron chi connectivity index (χ2n) is 5.90. The number of oxime groups is 1. The molecule has 0 aromatic carbocycles. The van der Waals surface area contributed by atoms with Crippen LogP contribution in [0.3, 0.4) is 0 Å². The van der Waals surface area contributed by atoms with Crippen LogP contribution in [0.4, 0.5) is 0 Å². The molecule has 5 heteroatoms. The number of piperidine rings is 1. The Morgan fingerprint density at radius 2 is 2.21 bits per heavy atom. The van der Waals surface area contributed by atoms with Gasteiger partial charge in [0.25, 0.3) is 0 Å². The first-order chi connectivity index (χ1) is 9.28. The van der Waals surface area contributed by atoms with Crippen molar-refractivity contribution in [2.75, 3.05) is 26.3 Å². The topological polar surface area (TPSA) is 54.3 Å². The molecule has 2 saturated heterocycles. The minimum absolute atomic E-state index is 0.289. The van der Waals surface area contributed by atoms with Crippen LogP contribution in [0.1, 0.15) is 39.0 Å². The molecule has 0 radical (unpaired) electrons. The van der Waals surface area contributed by atoms with Gasteiger partial charge in [0, 0.05) is 37.8 Å². The molecule has 2 unspecified atom stereocenters. The zero-order chi connectivity index (χ0) is 13.3. The van der Waals surface area contributed by atoms with Crippen molar-refractivity contribution in [1.82, 2.24) is 4.90 Å². The normalized spacial score (nSPS) is 36.8. The Morgan fingerprint density at radius 3 is 2.89 bits per heavy atom. The van der Waals surface area contributed by atoms with Crippen molar-refractivity contribution in [3.8, 4) is 0 Å². The van der Waals surface area contributed by atoms with Gasteiger partial charge in [0.15, 0.2) is 5.79 Å². The van der Waals surface area contributed by atoms with Crippen LogP contribution in [0.5, 0.6) is 0 Å². The highest BCUT2D eigenvalue weighted by atomic mass is 16.7. The summed E-state index contributed by atoms with van der Waals surface area (Å²) < 4.78 is 11.7. The molecule has 2 atom stereocenters. The fourth-order valence-corrected chi connectivity index (χ4v) is 3.98. The third-order valence-electron chi connectivity index (χ3n) is 4.82. The molecular weight excluding hydrogens is 244 g/mol. The quantitative estimate of drug-likeness (QED) is 0.613. The Balaban J connectivity index is 1.78. The molecule has 2 aliphatic heterocycles. The predicted molar refractivity (Wildman–Crippen MR) is 71.5 cm³/mol. The van der Waals surface area contributed by atoms with Crippen LogP contribution >= 0.6 is 0 Å². The van der Waals surface area contributed by atoms with Gasteiger partial charge < -0.3 is 14.7 Å². The van der Waals surface area contributed by atoms with E-state index in [1.54, 1.807) is 0 Å². The summed E-state index contributed by atoms with van der Waals surface area (Å²) in [5.74, 6) is -0.107. The maximum absolute atomic E-state index is 9.27. The number of fused-ring (bicyclic) bond motifs is 1. The summed E-state index contributed by atoms with van der Waals surface area (Å²) in [4.78, 5) is 2.56. The lowest BCUT2D eigenvalue weighted by atomic mass is 9.74. The van der Waals surface area contributed by atoms with Crippen LogP contribution < -0.4 is 0 Å². The number of nitrogens with zero attached hydrogens (tertiary/aromatic N) is 2. The van der Waals surface area contributed by atoms with Gasteiger partial charge in [-0.2, -0.15) is 0 Å². The summed E-state index contributed by atoms with van der Waals surface area (Å²) in [6, 6.07) is 0.498. The molecule has 108 valence electrons. The largest absolute Gasteiger partial charge is 0.411 e. The van der Waals surface area contributed by atoms with Crippen molar-refractivity contribution < 1.29 is 14.7 Å². The average Bonchev–Trinajstić information content (AvgIpc) is 2.87. The minimum Gasteiger partial charge on any atom is -0.411 e. The zero-order valence-electron chi connectivity index (χ0n) is 11.7. The smallest absolute Gasteiger partial charge is 0.169 e. The highest BCUT2D eigenvalue weighted by Crippen LogP contribution is 2.43. The maximum atomic E-state index is 9.27. The van der Waals surface area contributed by atoms with Gasteiger partial charge >= 0.3 is 0 Å². The third kappa shape index (κ3) is 2.39. The molecule has 5 nitrogen and oxygen atoms in total. The molecule has 0 aromatic heterocycles. The molecular formula is C14H24N2O3. The van der Waals surface area contributed by atoms with Crippen LogP contribution in [-0.2, 0) is 9.47 Å². The molecule has 1 N–H and O–H groups in total. The van der Waals surface area contributed by atoms with E-state index in [1.165, 1.54) is 6.42 Å². The fraction of sp³-hybridized carbons (Fsp3) is 0.929. The Kier molecular flexibility index (Phi) is 3.78. The van der Waals surface area contributed by atoms with Gasteiger partial charge in [-0.1, -0.05) is 12.1 Å². The van der Waals surface area contributed by atoms with Crippen LogP contribution in [0.25, 0.3) is 0 Å². The lowest BCUT2D eigenvalue weighted by Gasteiger charge is -2.48. The Labute approximate surface area is 114 Å². The molecule has 0 amide bonds. The monoisotopic (exact) mass is 268 g/mol. The van der Waals surface area contributed by atoms with Gasteiger partial charge in [-0.15, -0.1) is 0 Å². The molecule has 1 aliphatic carbocycles. The Hall–Kier alpha value is -0.650. The number of ether oxygens (including phenoxy) is 2. The first-order valence-corrected chi connectivity index (χ1v) is 7.51. The summed E-state index contributed by atoms with van der Waals surface area (Å²) in [5.41, 5.74) is 0.940. The summed E-state index contributed by atoms with van der Waals surface area (Å²) >= 11 is 0. The van der Waals surface area contributed by atoms with E-state index in [2.05, 4.69) is 17.0 Å². The summed E-state index contributed by atoms with van der Waals surface area (Å²) in [6.45, 7) is 5.76. The minimum atomic E-state index is -0.396. The molecule has 19 heavy (non-hydrogen) atoms. The van der Waals surface area contributed by atoms with Gasteiger partial charge in [0.05, 0.1) is 18.9 Å². The van der Waals surface area contributed by atoms with E-state index in [-0.39, 0.29) is 5.92 Å².